The van der Waals surface area contributed by atoms with Crippen LogP contribution >= 0.6 is 23.2 Å². The van der Waals surface area contributed by atoms with E-state index in [4.69, 9.17) is 37.4 Å². The highest BCUT2D eigenvalue weighted by atomic mass is 35.5. The van der Waals surface area contributed by atoms with Crippen LogP contribution in [-0.2, 0) is 21.8 Å². The van der Waals surface area contributed by atoms with Crippen molar-refractivity contribution in [3.8, 4) is 11.4 Å². The molecular formula is C36H39Cl2N7O4. The third kappa shape index (κ3) is 7.07. The summed E-state index contributed by atoms with van der Waals surface area (Å²) >= 11 is 12.8. The Labute approximate surface area is 295 Å². The molecule has 3 aromatic carbocycles. The molecule has 4 heterocycles. The predicted octanol–water partition coefficient (Wildman–Crippen LogP) is 6.18. The summed E-state index contributed by atoms with van der Waals surface area (Å²) in [6.45, 7) is 8.60. The van der Waals surface area contributed by atoms with Gasteiger partial charge in [-0.25, -0.2) is 14.0 Å². The summed E-state index contributed by atoms with van der Waals surface area (Å²) in [7, 11) is 0. The normalized spacial score (nSPS) is 20.1. The molecule has 7 rings (SSSR count). The molecule has 2 aromatic heterocycles. The van der Waals surface area contributed by atoms with Crippen molar-refractivity contribution in [1.82, 2.24) is 24.1 Å². The summed E-state index contributed by atoms with van der Waals surface area (Å²) in [5.74, 6) is -0.360. The fourth-order valence-electron chi connectivity index (χ4n) is 6.32. The van der Waals surface area contributed by atoms with Gasteiger partial charge in [-0.2, -0.15) is 10.2 Å². The van der Waals surface area contributed by atoms with Crippen LogP contribution < -0.4 is 20.2 Å². The number of piperazine rings is 1. The van der Waals surface area contributed by atoms with Crippen molar-refractivity contribution in [2.75, 3.05) is 49.2 Å². The van der Waals surface area contributed by atoms with Crippen LogP contribution in [0.3, 0.4) is 0 Å². The summed E-state index contributed by atoms with van der Waals surface area (Å²) < 4.78 is 23.8. The Balaban J connectivity index is 0.925. The number of hydrogen-bond donors (Lipinski definition) is 0. The Morgan fingerprint density at radius 1 is 0.939 bits per heavy atom. The Morgan fingerprint density at radius 2 is 1.61 bits per heavy atom. The maximum atomic E-state index is 12.8. The lowest BCUT2D eigenvalue weighted by Crippen LogP contribution is -2.46. The molecule has 3 unspecified atom stereocenters. The van der Waals surface area contributed by atoms with E-state index < -0.39 is 5.79 Å². The van der Waals surface area contributed by atoms with Crippen LogP contribution in [0, 0.1) is 0 Å². The molecule has 13 heteroatoms. The zero-order valence-corrected chi connectivity index (χ0v) is 29.0. The summed E-state index contributed by atoms with van der Waals surface area (Å²) in [6, 6.07) is 23.5. The second kappa shape index (κ2) is 14.3. The molecule has 0 radical (unpaired) electrons. The molecule has 5 aromatic rings. The molecule has 2 fully saturated rings. The first-order valence-electron chi connectivity index (χ1n) is 16.6. The van der Waals surface area contributed by atoms with E-state index >= 15 is 0 Å². The van der Waals surface area contributed by atoms with Gasteiger partial charge in [0.15, 0.2) is 0 Å². The van der Waals surface area contributed by atoms with Crippen molar-refractivity contribution in [3.63, 3.8) is 0 Å². The number of anilines is 2. The average molecular weight is 705 g/mol. The first-order chi connectivity index (χ1) is 23.8. The largest absolute Gasteiger partial charge is 0.491 e. The minimum atomic E-state index is -1.12. The van der Waals surface area contributed by atoms with E-state index in [0.717, 1.165) is 55.4 Å². The molecule has 2 aliphatic rings. The van der Waals surface area contributed by atoms with Gasteiger partial charge in [0.05, 0.1) is 29.9 Å². The van der Waals surface area contributed by atoms with E-state index in [1.54, 1.807) is 38.6 Å². The van der Waals surface area contributed by atoms with Crippen molar-refractivity contribution in [2.24, 2.45) is 0 Å². The van der Waals surface area contributed by atoms with Gasteiger partial charge in [0.25, 0.3) is 0 Å². The summed E-state index contributed by atoms with van der Waals surface area (Å²) in [5, 5.41) is 9.65. The maximum absolute atomic E-state index is 12.8. The fourth-order valence-corrected chi connectivity index (χ4v) is 6.87. The van der Waals surface area contributed by atoms with Gasteiger partial charge in [-0.15, -0.1) is 0 Å². The summed E-state index contributed by atoms with van der Waals surface area (Å²) in [6.07, 6.45) is 5.71. The van der Waals surface area contributed by atoms with E-state index in [1.807, 2.05) is 56.4 Å². The number of benzene rings is 3. The Bertz CT molecular complexity index is 1910. The summed E-state index contributed by atoms with van der Waals surface area (Å²) in [4.78, 5) is 17.6. The van der Waals surface area contributed by atoms with Gasteiger partial charge in [0.2, 0.25) is 5.79 Å². The lowest BCUT2D eigenvalue weighted by molar-refractivity contribution is -0.190. The third-order valence-electron chi connectivity index (χ3n) is 9.24. The quantitative estimate of drug-likeness (QED) is 0.161. The second-order valence-electron chi connectivity index (χ2n) is 12.4. The van der Waals surface area contributed by atoms with Crippen LogP contribution in [0.5, 0.6) is 5.75 Å². The number of rotatable bonds is 11. The SMILES string of the molecule is CCC(C)n1ncn(-c2ccc(N3CCN(c4ccc(OCC5COC(Cn6cccn6)(c6ccc(Cl)cc6Cl)O5)cc4)CC3)cc2)c1=O. The zero-order chi connectivity index (χ0) is 34.0. The monoisotopic (exact) mass is 703 g/mol. The highest BCUT2D eigenvalue weighted by molar-refractivity contribution is 6.35. The highest BCUT2D eigenvalue weighted by Gasteiger charge is 2.45. The molecule has 0 bridgehead atoms. The van der Waals surface area contributed by atoms with Crippen LogP contribution in [0.2, 0.25) is 10.0 Å². The van der Waals surface area contributed by atoms with Crippen LogP contribution in [0.4, 0.5) is 11.4 Å². The predicted molar refractivity (Wildman–Crippen MR) is 190 cm³/mol. The van der Waals surface area contributed by atoms with Crippen molar-refractivity contribution < 1.29 is 14.2 Å². The molecule has 0 saturated carbocycles. The Kier molecular flexibility index (Phi) is 9.68. The zero-order valence-electron chi connectivity index (χ0n) is 27.5. The van der Waals surface area contributed by atoms with E-state index in [-0.39, 0.29) is 17.8 Å². The lowest BCUT2D eigenvalue weighted by Gasteiger charge is -2.37. The van der Waals surface area contributed by atoms with Crippen LogP contribution in [0.25, 0.3) is 5.69 Å². The minimum absolute atomic E-state index is 0.0661. The molecule has 0 aliphatic carbocycles. The number of ether oxygens (including phenoxy) is 3. The minimum Gasteiger partial charge on any atom is -0.491 e. The van der Waals surface area contributed by atoms with E-state index in [9.17, 15) is 4.79 Å². The Hall–Kier alpha value is -4.29. The van der Waals surface area contributed by atoms with Crippen LogP contribution in [-0.4, -0.2) is 69.6 Å². The van der Waals surface area contributed by atoms with E-state index in [0.29, 0.717) is 35.4 Å². The highest BCUT2D eigenvalue weighted by Crippen LogP contribution is 2.40. The number of nitrogens with zero attached hydrogens (tertiary/aromatic N) is 7. The van der Waals surface area contributed by atoms with Crippen LogP contribution in [0.15, 0.2) is 96.3 Å². The van der Waals surface area contributed by atoms with Gasteiger partial charge in [-0.1, -0.05) is 36.2 Å². The van der Waals surface area contributed by atoms with Crippen molar-refractivity contribution in [2.45, 2.75) is 44.7 Å². The number of aromatic nitrogens is 5. The van der Waals surface area contributed by atoms with Crippen LogP contribution in [0.1, 0.15) is 31.9 Å². The standard InChI is InChI=1S/C36H39Cl2N7O4/c1-3-26(2)45-35(46)44(25-40-45)30-8-6-28(7-9-30)41-17-19-42(20-18-41)29-10-12-31(13-11-29)47-22-32-23-48-36(49-32,24-43-16-4-15-39-43)33-14-5-27(37)21-34(33)38/h4-16,21,25-26,32H,3,17-20,22-24H2,1-2H3. The van der Waals surface area contributed by atoms with Crippen molar-refractivity contribution in [1.29, 1.82) is 0 Å². The molecule has 0 N–H and O–H groups in total. The van der Waals surface area contributed by atoms with Gasteiger partial charge < -0.3 is 24.0 Å². The smallest absolute Gasteiger partial charge is 0.350 e. The average Bonchev–Trinajstić information content (AvgIpc) is 3.88. The first-order valence-corrected chi connectivity index (χ1v) is 17.3. The molecule has 256 valence electrons. The maximum Gasteiger partial charge on any atom is 0.350 e. The molecular weight excluding hydrogens is 665 g/mol. The van der Waals surface area contributed by atoms with E-state index in [1.165, 1.54) is 0 Å². The fraction of sp³-hybridized carbons (Fsp3) is 0.361. The number of hydrogen-bond acceptors (Lipinski definition) is 8. The number of halogens is 2. The van der Waals surface area contributed by atoms with Crippen molar-refractivity contribution in [3.05, 3.63) is 118 Å². The first kappa shape index (κ1) is 33.2. The molecule has 11 nitrogen and oxygen atoms in total. The molecule has 49 heavy (non-hydrogen) atoms. The van der Waals surface area contributed by atoms with Gasteiger partial charge in [-0.05, 0) is 80.1 Å². The third-order valence-corrected chi connectivity index (χ3v) is 9.79. The van der Waals surface area contributed by atoms with E-state index in [2.05, 4.69) is 44.3 Å². The molecule has 0 spiro atoms. The topological polar surface area (TPSA) is 91.8 Å². The van der Waals surface area contributed by atoms with Gasteiger partial charge in [0, 0.05) is 60.5 Å². The van der Waals surface area contributed by atoms with Gasteiger partial charge in [-0.3, -0.25) is 4.68 Å². The molecule has 0 amide bonds. The van der Waals surface area contributed by atoms with Gasteiger partial charge in [0.1, 0.15) is 24.8 Å². The molecule has 3 atom stereocenters. The molecule has 2 aliphatic heterocycles. The molecule has 2 saturated heterocycles. The van der Waals surface area contributed by atoms with Gasteiger partial charge >= 0.3 is 5.69 Å². The lowest BCUT2D eigenvalue weighted by atomic mass is 10.1. The Morgan fingerprint density at radius 3 is 2.24 bits per heavy atom. The second-order valence-corrected chi connectivity index (χ2v) is 13.3. The summed E-state index contributed by atoms with van der Waals surface area (Å²) in [5.41, 5.74) is 3.68. The van der Waals surface area contributed by atoms with Crippen molar-refractivity contribution >= 4 is 34.6 Å².